The summed E-state index contributed by atoms with van der Waals surface area (Å²) in [6.07, 6.45) is 8.52. The molecule has 20 heavy (non-hydrogen) atoms. The number of aryl methyl sites for hydroxylation is 2. The van der Waals surface area contributed by atoms with Gasteiger partial charge in [0.1, 0.15) is 0 Å². The van der Waals surface area contributed by atoms with Gasteiger partial charge in [0.2, 0.25) is 0 Å². The predicted octanol–water partition coefficient (Wildman–Crippen LogP) is 2.60. The highest BCUT2D eigenvalue weighted by Crippen LogP contribution is 2.34. The summed E-state index contributed by atoms with van der Waals surface area (Å²) in [4.78, 5) is 0. The number of rotatable bonds is 5. The molecule has 0 aromatic carbocycles. The molecule has 1 N–H and O–H groups in total. The van der Waals surface area contributed by atoms with Gasteiger partial charge in [0, 0.05) is 32.3 Å². The number of methoxy groups -OCH3 is 1. The summed E-state index contributed by atoms with van der Waals surface area (Å²) >= 11 is 0. The number of nitrogens with one attached hydrogen (secondary N) is 1. The molecule has 1 unspecified atom stereocenters. The first kappa shape index (κ1) is 15.5. The van der Waals surface area contributed by atoms with Gasteiger partial charge >= 0.3 is 0 Å². The van der Waals surface area contributed by atoms with Crippen LogP contribution in [0, 0.1) is 6.92 Å². The third-order valence-corrected chi connectivity index (χ3v) is 4.85. The molecule has 0 saturated heterocycles. The lowest BCUT2D eigenvalue weighted by molar-refractivity contribution is -0.0512. The Morgan fingerprint density at radius 1 is 1.35 bits per heavy atom. The molecular weight excluding hydrogens is 250 g/mol. The molecule has 1 aliphatic rings. The van der Waals surface area contributed by atoms with Crippen molar-refractivity contribution in [2.75, 3.05) is 14.2 Å². The van der Waals surface area contributed by atoms with E-state index in [1.807, 2.05) is 18.8 Å². The Morgan fingerprint density at radius 2 is 2.00 bits per heavy atom. The fourth-order valence-electron chi connectivity index (χ4n) is 3.64. The topological polar surface area (TPSA) is 39.1 Å². The first-order valence-electron chi connectivity index (χ1n) is 7.83. The highest BCUT2D eigenvalue weighted by Gasteiger charge is 2.38. The van der Waals surface area contributed by atoms with Gasteiger partial charge in [0.05, 0.1) is 11.3 Å². The minimum absolute atomic E-state index is 0.0244. The summed E-state index contributed by atoms with van der Waals surface area (Å²) in [5.41, 5.74) is 2.34. The maximum Gasteiger partial charge on any atom is 0.0834 e. The first-order valence-corrected chi connectivity index (χ1v) is 7.83. The van der Waals surface area contributed by atoms with Crippen molar-refractivity contribution in [3.8, 4) is 0 Å². The highest BCUT2D eigenvalue weighted by molar-refractivity contribution is 5.12. The molecular formula is C16H29N3O. The minimum Gasteiger partial charge on any atom is -0.377 e. The third-order valence-electron chi connectivity index (χ3n) is 4.85. The molecule has 114 valence electrons. The van der Waals surface area contributed by atoms with Crippen LogP contribution in [0.25, 0.3) is 0 Å². The minimum atomic E-state index is -0.0244. The molecule has 1 atom stereocenters. The molecule has 4 heteroatoms. The molecule has 0 amide bonds. The van der Waals surface area contributed by atoms with Gasteiger partial charge in [0.25, 0.3) is 0 Å². The van der Waals surface area contributed by atoms with Gasteiger partial charge in [-0.25, -0.2) is 0 Å². The van der Waals surface area contributed by atoms with Crippen molar-refractivity contribution in [1.82, 2.24) is 15.1 Å². The molecule has 0 bridgehead atoms. The summed E-state index contributed by atoms with van der Waals surface area (Å²) in [6.45, 7) is 2.05. The van der Waals surface area contributed by atoms with Crippen molar-refractivity contribution in [2.24, 2.45) is 7.05 Å². The van der Waals surface area contributed by atoms with E-state index in [2.05, 4.69) is 30.5 Å². The van der Waals surface area contributed by atoms with Gasteiger partial charge in [-0.2, -0.15) is 5.10 Å². The lowest BCUT2D eigenvalue weighted by atomic mass is 9.83. The highest BCUT2D eigenvalue weighted by atomic mass is 16.5. The van der Waals surface area contributed by atoms with Gasteiger partial charge in [-0.15, -0.1) is 0 Å². The van der Waals surface area contributed by atoms with E-state index in [1.54, 1.807) is 0 Å². The maximum atomic E-state index is 6.04. The summed E-state index contributed by atoms with van der Waals surface area (Å²) in [5, 5.41) is 7.97. The van der Waals surface area contributed by atoms with Crippen molar-refractivity contribution in [3.63, 3.8) is 0 Å². The van der Waals surface area contributed by atoms with Crippen LogP contribution >= 0.6 is 0 Å². The Kier molecular flexibility index (Phi) is 5.22. The molecule has 0 radical (unpaired) electrons. The molecule has 0 spiro atoms. The Bertz CT molecular complexity index is 419. The van der Waals surface area contributed by atoms with E-state index >= 15 is 0 Å². The number of ether oxygens (including phenoxy) is 1. The smallest absolute Gasteiger partial charge is 0.0834 e. The average Bonchev–Trinajstić information content (AvgIpc) is 2.66. The number of aromatic nitrogens is 2. The van der Waals surface area contributed by atoms with E-state index in [1.165, 1.54) is 31.4 Å². The van der Waals surface area contributed by atoms with E-state index in [0.29, 0.717) is 6.04 Å². The molecule has 1 heterocycles. The van der Waals surface area contributed by atoms with E-state index < -0.39 is 0 Å². The zero-order valence-corrected chi connectivity index (χ0v) is 13.4. The van der Waals surface area contributed by atoms with Crippen LogP contribution in [0.3, 0.4) is 0 Å². The van der Waals surface area contributed by atoms with E-state index in [0.717, 1.165) is 25.0 Å². The molecule has 1 aliphatic carbocycles. The van der Waals surface area contributed by atoms with Crippen LogP contribution in [-0.4, -0.2) is 35.6 Å². The van der Waals surface area contributed by atoms with E-state index in [-0.39, 0.29) is 5.60 Å². The second-order valence-electron chi connectivity index (χ2n) is 6.13. The SMILES string of the molecule is CNC(Cc1cc(C)nn1C)C1(OC)CCCCCC1. The monoisotopic (exact) mass is 279 g/mol. The predicted molar refractivity (Wildman–Crippen MR) is 81.9 cm³/mol. The average molecular weight is 279 g/mol. The van der Waals surface area contributed by atoms with Crippen molar-refractivity contribution in [3.05, 3.63) is 17.5 Å². The van der Waals surface area contributed by atoms with Gasteiger partial charge in [-0.3, -0.25) is 4.68 Å². The van der Waals surface area contributed by atoms with Crippen LogP contribution in [0.15, 0.2) is 6.07 Å². The second-order valence-corrected chi connectivity index (χ2v) is 6.13. The summed E-state index contributed by atoms with van der Waals surface area (Å²) in [6, 6.07) is 2.53. The third kappa shape index (κ3) is 3.23. The zero-order valence-electron chi connectivity index (χ0n) is 13.4. The largest absolute Gasteiger partial charge is 0.377 e. The van der Waals surface area contributed by atoms with Crippen molar-refractivity contribution in [1.29, 1.82) is 0 Å². The van der Waals surface area contributed by atoms with Crippen LogP contribution in [0.4, 0.5) is 0 Å². The van der Waals surface area contributed by atoms with Gasteiger partial charge in [-0.1, -0.05) is 25.7 Å². The Labute approximate surface area is 122 Å². The molecule has 4 nitrogen and oxygen atoms in total. The number of hydrogen-bond donors (Lipinski definition) is 1. The van der Waals surface area contributed by atoms with Gasteiger partial charge < -0.3 is 10.1 Å². The number of likely N-dealkylation sites (N-methyl/N-ethyl adjacent to an activating group) is 1. The Hall–Kier alpha value is -0.870. The van der Waals surface area contributed by atoms with Gasteiger partial charge in [0.15, 0.2) is 0 Å². The van der Waals surface area contributed by atoms with Crippen LogP contribution in [0.5, 0.6) is 0 Å². The standard InChI is InChI=1S/C16H29N3O/c1-13-11-14(19(3)18-13)12-15(17-2)16(20-4)9-7-5-6-8-10-16/h11,15,17H,5-10,12H2,1-4H3. The molecule has 1 aromatic heterocycles. The fraction of sp³-hybridized carbons (Fsp3) is 0.812. The lowest BCUT2D eigenvalue weighted by Crippen LogP contribution is -2.52. The molecule has 1 aromatic rings. The van der Waals surface area contributed by atoms with Crippen LogP contribution in [0.1, 0.15) is 49.9 Å². The number of nitrogens with zero attached hydrogens (tertiary/aromatic N) is 2. The normalized spacial score (nSPS) is 20.6. The van der Waals surface area contributed by atoms with Crippen molar-refractivity contribution >= 4 is 0 Å². The van der Waals surface area contributed by atoms with E-state index in [4.69, 9.17) is 4.74 Å². The quantitative estimate of drug-likeness (QED) is 0.842. The lowest BCUT2D eigenvalue weighted by Gasteiger charge is -2.39. The van der Waals surface area contributed by atoms with Crippen LogP contribution in [0.2, 0.25) is 0 Å². The van der Waals surface area contributed by atoms with Gasteiger partial charge in [-0.05, 0) is 32.9 Å². The zero-order chi connectivity index (χ0) is 14.6. The molecule has 0 aliphatic heterocycles. The van der Waals surface area contributed by atoms with Crippen molar-refractivity contribution < 1.29 is 4.74 Å². The summed E-state index contributed by atoms with van der Waals surface area (Å²) in [7, 11) is 5.96. The second kappa shape index (κ2) is 6.72. The summed E-state index contributed by atoms with van der Waals surface area (Å²) < 4.78 is 8.04. The molecule has 1 fully saturated rings. The van der Waals surface area contributed by atoms with Crippen LogP contribution in [-0.2, 0) is 18.2 Å². The molecule has 2 rings (SSSR count). The van der Waals surface area contributed by atoms with Crippen molar-refractivity contribution in [2.45, 2.75) is 63.5 Å². The Morgan fingerprint density at radius 3 is 2.45 bits per heavy atom. The molecule has 1 saturated carbocycles. The maximum absolute atomic E-state index is 6.04. The Balaban J connectivity index is 2.18. The summed E-state index contributed by atoms with van der Waals surface area (Å²) in [5.74, 6) is 0. The van der Waals surface area contributed by atoms with Crippen LogP contribution < -0.4 is 5.32 Å². The number of hydrogen-bond acceptors (Lipinski definition) is 3. The fourth-order valence-corrected chi connectivity index (χ4v) is 3.64. The first-order chi connectivity index (χ1) is 9.61. The van der Waals surface area contributed by atoms with E-state index in [9.17, 15) is 0 Å².